The summed E-state index contributed by atoms with van der Waals surface area (Å²) < 4.78 is 31.0. The van der Waals surface area contributed by atoms with Crippen LogP contribution in [0.3, 0.4) is 0 Å². The lowest BCUT2D eigenvalue weighted by molar-refractivity contribution is 0.397. The van der Waals surface area contributed by atoms with Gasteiger partial charge >= 0.3 is 0 Å². The first-order valence-electron chi connectivity index (χ1n) is 10.0. The summed E-state index contributed by atoms with van der Waals surface area (Å²) in [5, 5.41) is 0. The van der Waals surface area contributed by atoms with Gasteiger partial charge in [-0.3, -0.25) is 9.52 Å². The van der Waals surface area contributed by atoms with Gasteiger partial charge in [-0.05, 0) is 35.2 Å². The van der Waals surface area contributed by atoms with E-state index in [0.717, 1.165) is 28.7 Å². The third kappa shape index (κ3) is 5.64. The first-order chi connectivity index (χ1) is 15.0. The van der Waals surface area contributed by atoms with Crippen LogP contribution in [0, 0.1) is 0 Å². The summed E-state index contributed by atoms with van der Waals surface area (Å²) in [7, 11) is -1.70. The monoisotopic (exact) mass is 453 g/mol. The molecule has 32 heavy (non-hydrogen) atoms. The van der Waals surface area contributed by atoms with Crippen molar-refractivity contribution in [3.8, 4) is 17.0 Å². The third-order valence-electron chi connectivity index (χ3n) is 4.78. The molecule has 0 radical (unpaired) electrons. The molecule has 0 atom stereocenters. The van der Waals surface area contributed by atoms with Crippen LogP contribution in [0.25, 0.3) is 23.4 Å². The fraction of sp³-hybridized carbons (Fsp3) is 0.250. The smallest absolute Gasteiger partial charge is 0.274 e. The molecule has 0 aliphatic carbocycles. The zero-order valence-electron chi connectivity index (χ0n) is 18.8. The maximum atomic E-state index is 12.3. The average molecular weight is 454 g/mol. The van der Waals surface area contributed by atoms with E-state index in [0.29, 0.717) is 16.9 Å². The van der Waals surface area contributed by atoms with Crippen LogP contribution >= 0.6 is 0 Å². The molecule has 0 saturated carbocycles. The summed E-state index contributed by atoms with van der Waals surface area (Å²) in [5.41, 5.74) is 3.67. The minimum atomic E-state index is -3.33. The molecule has 2 N–H and O–H groups in total. The molecule has 0 amide bonds. The Labute approximate surface area is 188 Å². The number of H-pyrrole nitrogens is 1. The molecule has 0 unspecified atom stereocenters. The number of hydrogen-bond donors (Lipinski definition) is 2. The quantitative estimate of drug-likeness (QED) is 0.543. The number of methoxy groups -OCH3 is 1. The van der Waals surface area contributed by atoms with Gasteiger partial charge in [-0.15, -0.1) is 0 Å². The van der Waals surface area contributed by atoms with Crippen molar-refractivity contribution in [3.63, 3.8) is 0 Å². The van der Waals surface area contributed by atoms with Crippen molar-refractivity contribution in [2.24, 2.45) is 0 Å². The Morgan fingerprint density at radius 2 is 1.78 bits per heavy atom. The van der Waals surface area contributed by atoms with Gasteiger partial charge in [0, 0.05) is 34.8 Å². The Morgan fingerprint density at radius 3 is 2.34 bits per heavy atom. The van der Waals surface area contributed by atoms with Gasteiger partial charge in [-0.1, -0.05) is 45.1 Å². The van der Waals surface area contributed by atoms with Gasteiger partial charge < -0.3 is 9.72 Å². The van der Waals surface area contributed by atoms with Crippen LogP contribution < -0.4 is 15.0 Å². The van der Waals surface area contributed by atoms with Gasteiger partial charge in [-0.25, -0.2) is 13.4 Å². The van der Waals surface area contributed by atoms with E-state index >= 15 is 0 Å². The third-order valence-corrected chi connectivity index (χ3v) is 5.39. The molecular weight excluding hydrogens is 426 g/mol. The molecule has 0 bridgehead atoms. The average Bonchev–Trinajstić information content (AvgIpc) is 2.71. The molecule has 3 aromatic rings. The topological polar surface area (TPSA) is 101 Å². The number of aromatic nitrogens is 2. The zero-order chi connectivity index (χ0) is 23.5. The molecule has 0 aliphatic heterocycles. The van der Waals surface area contributed by atoms with Crippen molar-refractivity contribution in [3.05, 3.63) is 75.8 Å². The van der Waals surface area contributed by atoms with Crippen LogP contribution in [0.5, 0.6) is 5.75 Å². The van der Waals surface area contributed by atoms with E-state index in [2.05, 4.69) is 35.5 Å². The Kier molecular flexibility index (Phi) is 6.55. The molecule has 0 fully saturated rings. The van der Waals surface area contributed by atoms with Crippen molar-refractivity contribution in [1.29, 1.82) is 0 Å². The maximum absolute atomic E-state index is 12.3. The van der Waals surface area contributed by atoms with E-state index < -0.39 is 10.0 Å². The number of nitrogens with one attached hydrogen (secondary N) is 2. The number of rotatable bonds is 6. The lowest BCUT2D eigenvalue weighted by Gasteiger charge is -2.24. The van der Waals surface area contributed by atoms with E-state index in [9.17, 15) is 13.2 Å². The minimum Gasteiger partial charge on any atom is -0.496 e. The molecule has 1 aromatic heterocycles. The molecule has 2 aromatic carbocycles. The maximum Gasteiger partial charge on any atom is 0.274 e. The summed E-state index contributed by atoms with van der Waals surface area (Å²) in [6, 6.07) is 10.8. The summed E-state index contributed by atoms with van der Waals surface area (Å²) in [6.07, 6.45) is 7.98. The van der Waals surface area contributed by atoms with Crippen molar-refractivity contribution in [1.82, 2.24) is 9.97 Å². The molecule has 0 spiro atoms. The molecule has 3 rings (SSSR count). The van der Waals surface area contributed by atoms with Crippen LogP contribution in [0.1, 0.15) is 37.5 Å². The van der Waals surface area contributed by atoms with Gasteiger partial charge in [0.05, 0.1) is 13.4 Å². The van der Waals surface area contributed by atoms with Crippen LogP contribution in [0.4, 0.5) is 5.69 Å². The first kappa shape index (κ1) is 23.3. The highest BCUT2D eigenvalue weighted by molar-refractivity contribution is 7.92. The van der Waals surface area contributed by atoms with Crippen LogP contribution in [0.2, 0.25) is 0 Å². The highest BCUT2D eigenvalue weighted by Gasteiger charge is 2.23. The lowest BCUT2D eigenvalue weighted by Crippen LogP contribution is -2.15. The second-order valence-corrected chi connectivity index (χ2v) is 10.2. The van der Waals surface area contributed by atoms with Gasteiger partial charge in [0.15, 0.2) is 0 Å². The normalized spacial score (nSPS) is 12.2. The number of nitrogens with zero attached hydrogens (tertiary/aromatic N) is 1. The number of sulfonamides is 1. The summed E-state index contributed by atoms with van der Waals surface area (Å²) in [6.45, 7) is 6.24. The number of benzene rings is 2. The van der Waals surface area contributed by atoms with Gasteiger partial charge in [0.2, 0.25) is 10.0 Å². The lowest BCUT2D eigenvalue weighted by atomic mass is 9.83. The van der Waals surface area contributed by atoms with Crippen LogP contribution in [-0.2, 0) is 15.4 Å². The van der Waals surface area contributed by atoms with Gasteiger partial charge in [0.1, 0.15) is 11.4 Å². The van der Waals surface area contributed by atoms with Crippen molar-refractivity contribution >= 4 is 27.9 Å². The van der Waals surface area contributed by atoms with E-state index in [1.807, 2.05) is 36.4 Å². The highest BCUT2D eigenvalue weighted by Crippen LogP contribution is 2.38. The molecule has 1 heterocycles. The van der Waals surface area contributed by atoms with Crippen LogP contribution in [-0.4, -0.2) is 31.8 Å². The molecular formula is C24H27N3O4S. The SMILES string of the molecule is COc1c(C=Cc2ccc(NS(C)(=O)=O)cc2)cc(-c2ncc[nH]c2=O)cc1C(C)(C)C. The first-order valence-corrected chi connectivity index (χ1v) is 11.9. The fourth-order valence-corrected chi connectivity index (χ4v) is 3.88. The Balaban J connectivity index is 2.07. The summed E-state index contributed by atoms with van der Waals surface area (Å²) >= 11 is 0. The second-order valence-electron chi connectivity index (χ2n) is 8.49. The van der Waals surface area contributed by atoms with Gasteiger partial charge in [-0.2, -0.15) is 0 Å². The minimum absolute atomic E-state index is 0.232. The van der Waals surface area contributed by atoms with Crippen molar-refractivity contribution in [2.75, 3.05) is 18.1 Å². The Morgan fingerprint density at radius 1 is 1.09 bits per heavy atom. The van der Waals surface area contributed by atoms with E-state index in [-0.39, 0.29) is 11.0 Å². The number of anilines is 1. The molecule has 0 saturated heterocycles. The number of ether oxygens (including phenoxy) is 1. The van der Waals surface area contributed by atoms with E-state index in [1.165, 1.54) is 6.20 Å². The largest absolute Gasteiger partial charge is 0.496 e. The van der Waals surface area contributed by atoms with Crippen molar-refractivity contribution < 1.29 is 13.2 Å². The predicted octanol–water partition coefficient (Wildman–Crippen LogP) is 4.28. The Hall–Kier alpha value is -3.39. The molecule has 7 nitrogen and oxygen atoms in total. The highest BCUT2D eigenvalue weighted by atomic mass is 32.2. The van der Waals surface area contributed by atoms with E-state index in [4.69, 9.17) is 4.74 Å². The number of aromatic amines is 1. The van der Waals surface area contributed by atoms with Crippen molar-refractivity contribution in [2.45, 2.75) is 26.2 Å². The zero-order valence-corrected chi connectivity index (χ0v) is 19.6. The van der Waals surface area contributed by atoms with Gasteiger partial charge in [0.25, 0.3) is 5.56 Å². The second kappa shape index (κ2) is 9.00. The summed E-state index contributed by atoms with van der Waals surface area (Å²) in [4.78, 5) is 19.3. The molecule has 8 heteroatoms. The van der Waals surface area contributed by atoms with Crippen LogP contribution in [0.15, 0.2) is 53.6 Å². The standard InChI is InChI=1S/C24H27N3O4S/c1-24(2,3)20-15-18(21-23(28)26-13-12-25-21)14-17(22(20)31-4)9-6-16-7-10-19(11-8-16)27-32(5,29)30/h6-15,27H,1-5H3,(H,26,28). The molecule has 0 aliphatic rings. The predicted molar refractivity (Wildman–Crippen MR) is 129 cm³/mol. The molecule has 168 valence electrons. The summed E-state index contributed by atoms with van der Waals surface area (Å²) in [5.74, 6) is 0.722. The fourth-order valence-electron chi connectivity index (χ4n) is 3.32. The van der Waals surface area contributed by atoms with E-state index in [1.54, 1.807) is 25.4 Å². The number of hydrogen-bond acceptors (Lipinski definition) is 5. The Bertz CT molecular complexity index is 1300.